The van der Waals surface area contributed by atoms with Gasteiger partial charge in [-0.3, -0.25) is 4.90 Å². The molecule has 0 saturated carbocycles. The fraction of sp³-hybridized carbons (Fsp3) is 0.611. The second-order valence-corrected chi connectivity index (χ2v) is 6.73. The molecule has 0 bridgehead atoms. The summed E-state index contributed by atoms with van der Waals surface area (Å²) in [5.41, 5.74) is 1.58. The first-order chi connectivity index (χ1) is 10.7. The van der Waals surface area contributed by atoms with E-state index in [2.05, 4.69) is 9.80 Å². The van der Waals surface area contributed by atoms with Gasteiger partial charge in [0.1, 0.15) is 0 Å². The van der Waals surface area contributed by atoms with E-state index in [9.17, 15) is 4.79 Å². The Hall–Kier alpha value is -1.39. The van der Waals surface area contributed by atoms with Gasteiger partial charge < -0.3 is 10.0 Å². The Bertz CT molecular complexity index is 486. The van der Waals surface area contributed by atoms with Crippen molar-refractivity contribution in [2.24, 2.45) is 5.92 Å². The molecule has 2 heterocycles. The van der Waals surface area contributed by atoms with E-state index in [0.717, 1.165) is 12.5 Å². The van der Waals surface area contributed by atoms with Crippen molar-refractivity contribution < 1.29 is 9.90 Å². The molecule has 2 fully saturated rings. The molecule has 2 aliphatic rings. The summed E-state index contributed by atoms with van der Waals surface area (Å²) in [5.74, 6) is 0.0120. The number of likely N-dealkylation sites (tertiary alicyclic amines) is 2. The fourth-order valence-electron chi connectivity index (χ4n) is 3.67. The molecule has 0 radical (unpaired) electrons. The Morgan fingerprint density at radius 3 is 2.23 bits per heavy atom. The number of carboxylic acid groups (broad SMARTS) is 1. The molecule has 0 unspecified atom stereocenters. The van der Waals surface area contributed by atoms with Gasteiger partial charge >= 0.3 is 5.97 Å². The molecule has 4 heteroatoms. The monoisotopic (exact) mass is 302 g/mol. The Morgan fingerprint density at radius 1 is 1.00 bits per heavy atom. The Morgan fingerprint density at radius 2 is 1.64 bits per heavy atom. The Balaban J connectivity index is 1.44. The van der Waals surface area contributed by atoms with Crippen LogP contribution in [0.1, 0.15) is 41.6 Å². The van der Waals surface area contributed by atoms with Crippen LogP contribution in [0.2, 0.25) is 0 Å². The van der Waals surface area contributed by atoms with E-state index in [4.69, 9.17) is 5.11 Å². The molecule has 0 aromatic heterocycles. The van der Waals surface area contributed by atoms with Crippen molar-refractivity contribution in [1.82, 2.24) is 9.80 Å². The first kappa shape index (κ1) is 15.5. The summed E-state index contributed by atoms with van der Waals surface area (Å²) in [6.07, 6.45) is 5.35. The first-order valence-electron chi connectivity index (χ1n) is 8.47. The van der Waals surface area contributed by atoms with E-state index in [0.29, 0.717) is 5.56 Å². The highest BCUT2D eigenvalue weighted by molar-refractivity contribution is 5.87. The van der Waals surface area contributed by atoms with Crippen LogP contribution in [0.4, 0.5) is 0 Å². The number of hydrogen-bond acceptors (Lipinski definition) is 3. The van der Waals surface area contributed by atoms with Gasteiger partial charge in [0.05, 0.1) is 5.56 Å². The summed E-state index contributed by atoms with van der Waals surface area (Å²) in [5, 5.41) is 8.93. The summed E-state index contributed by atoms with van der Waals surface area (Å²) < 4.78 is 0. The Kier molecular flexibility index (Phi) is 5.11. The second kappa shape index (κ2) is 7.25. The zero-order valence-electron chi connectivity index (χ0n) is 13.2. The van der Waals surface area contributed by atoms with Gasteiger partial charge in [0, 0.05) is 13.1 Å². The average Bonchev–Trinajstić information content (AvgIpc) is 3.03. The van der Waals surface area contributed by atoms with E-state index in [-0.39, 0.29) is 0 Å². The summed E-state index contributed by atoms with van der Waals surface area (Å²) in [6, 6.07) is 7.30. The van der Waals surface area contributed by atoms with E-state index in [1.807, 2.05) is 12.1 Å². The summed E-state index contributed by atoms with van der Waals surface area (Å²) in [7, 11) is 0. The quantitative estimate of drug-likeness (QED) is 0.908. The number of hydrogen-bond donors (Lipinski definition) is 1. The van der Waals surface area contributed by atoms with Crippen molar-refractivity contribution in [3.8, 4) is 0 Å². The number of aromatic carboxylic acids is 1. The van der Waals surface area contributed by atoms with Crippen molar-refractivity contribution in [1.29, 1.82) is 0 Å². The van der Waals surface area contributed by atoms with Crippen molar-refractivity contribution >= 4 is 5.97 Å². The molecule has 1 aromatic carbocycles. The maximum atomic E-state index is 10.9. The third kappa shape index (κ3) is 4.08. The van der Waals surface area contributed by atoms with Crippen LogP contribution in [0.25, 0.3) is 0 Å². The molecule has 120 valence electrons. The molecular weight excluding hydrogens is 276 g/mol. The number of rotatable bonds is 5. The molecule has 0 atom stereocenters. The average molecular weight is 302 g/mol. The summed E-state index contributed by atoms with van der Waals surface area (Å²) >= 11 is 0. The standard InChI is InChI=1S/C18H26N2O2/c21-18(22)17-5-3-15(4-6-17)13-20-11-7-16(8-12-20)14-19-9-1-2-10-19/h3-6,16H,1-2,7-14H2,(H,21,22). The number of benzene rings is 1. The molecule has 4 nitrogen and oxygen atoms in total. The molecule has 0 spiro atoms. The molecule has 22 heavy (non-hydrogen) atoms. The van der Waals surface area contributed by atoms with Crippen LogP contribution in [0.5, 0.6) is 0 Å². The highest BCUT2D eigenvalue weighted by Gasteiger charge is 2.22. The van der Waals surface area contributed by atoms with Crippen LogP contribution in [0, 0.1) is 5.92 Å². The van der Waals surface area contributed by atoms with Gasteiger partial charge in [0.2, 0.25) is 0 Å². The number of nitrogens with zero attached hydrogens (tertiary/aromatic N) is 2. The lowest BCUT2D eigenvalue weighted by molar-refractivity contribution is 0.0697. The minimum absolute atomic E-state index is 0.369. The molecule has 0 amide bonds. The molecule has 2 saturated heterocycles. The third-order valence-corrected chi connectivity index (χ3v) is 5.03. The van der Waals surface area contributed by atoms with Crippen molar-refractivity contribution in [3.63, 3.8) is 0 Å². The van der Waals surface area contributed by atoms with Crippen LogP contribution in [0.15, 0.2) is 24.3 Å². The minimum atomic E-state index is -0.853. The number of piperidine rings is 1. The Labute approximate surface area is 132 Å². The lowest BCUT2D eigenvalue weighted by Gasteiger charge is -2.33. The lowest BCUT2D eigenvalue weighted by atomic mass is 9.96. The highest BCUT2D eigenvalue weighted by atomic mass is 16.4. The third-order valence-electron chi connectivity index (χ3n) is 5.03. The predicted molar refractivity (Wildman–Crippen MR) is 87.1 cm³/mol. The van der Waals surface area contributed by atoms with E-state index in [1.165, 1.54) is 64.0 Å². The smallest absolute Gasteiger partial charge is 0.335 e. The van der Waals surface area contributed by atoms with Crippen LogP contribution in [-0.2, 0) is 6.54 Å². The van der Waals surface area contributed by atoms with Crippen LogP contribution in [0.3, 0.4) is 0 Å². The number of carboxylic acids is 1. The second-order valence-electron chi connectivity index (χ2n) is 6.73. The number of carbonyl (C=O) groups is 1. The van der Waals surface area contributed by atoms with Crippen LogP contribution in [-0.4, -0.2) is 53.6 Å². The van der Waals surface area contributed by atoms with Gasteiger partial charge in [-0.2, -0.15) is 0 Å². The SMILES string of the molecule is O=C(O)c1ccc(CN2CCC(CN3CCCC3)CC2)cc1. The van der Waals surface area contributed by atoms with Gasteiger partial charge in [-0.05, 0) is 75.5 Å². The van der Waals surface area contributed by atoms with Crippen molar-refractivity contribution in [3.05, 3.63) is 35.4 Å². The van der Waals surface area contributed by atoms with E-state index < -0.39 is 5.97 Å². The van der Waals surface area contributed by atoms with Gasteiger partial charge in [-0.15, -0.1) is 0 Å². The maximum Gasteiger partial charge on any atom is 0.335 e. The van der Waals surface area contributed by atoms with Crippen molar-refractivity contribution in [2.75, 3.05) is 32.7 Å². The topological polar surface area (TPSA) is 43.8 Å². The zero-order valence-corrected chi connectivity index (χ0v) is 13.2. The first-order valence-corrected chi connectivity index (χ1v) is 8.47. The maximum absolute atomic E-state index is 10.9. The molecule has 1 N–H and O–H groups in total. The fourth-order valence-corrected chi connectivity index (χ4v) is 3.67. The zero-order chi connectivity index (χ0) is 15.4. The highest BCUT2D eigenvalue weighted by Crippen LogP contribution is 2.22. The molecule has 3 rings (SSSR count). The van der Waals surface area contributed by atoms with E-state index >= 15 is 0 Å². The summed E-state index contributed by atoms with van der Waals surface area (Å²) in [6.45, 7) is 7.17. The van der Waals surface area contributed by atoms with Gasteiger partial charge in [-0.25, -0.2) is 4.79 Å². The molecule has 0 aliphatic carbocycles. The van der Waals surface area contributed by atoms with Gasteiger partial charge in [-0.1, -0.05) is 12.1 Å². The lowest BCUT2D eigenvalue weighted by Crippen LogP contribution is -2.37. The normalized spacial score (nSPS) is 21.3. The van der Waals surface area contributed by atoms with E-state index in [1.54, 1.807) is 12.1 Å². The van der Waals surface area contributed by atoms with Gasteiger partial charge in [0.15, 0.2) is 0 Å². The molecule has 2 aliphatic heterocycles. The minimum Gasteiger partial charge on any atom is -0.478 e. The molecule has 1 aromatic rings. The van der Waals surface area contributed by atoms with Crippen LogP contribution >= 0.6 is 0 Å². The van der Waals surface area contributed by atoms with Crippen molar-refractivity contribution in [2.45, 2.75) is 32.2 Å². The molecular formula is C18H26N2O2. The summed E-state index contributed by atoms with van der Waals surface area (Å²) in [4.78, 5) is 16.0. The van der Waals surface area contributed by atoms with Gasteiger partial charge in [0.25, 0.3) is 0 Å². The predicted octanol–water partition coefficient (Wildman–Crippen LogP) is 2.69. The largest absolute Gasteiger partial charge is 0.478 e. The van der Waals surface area contributed by atoms with Crippen LogP contribution < -0.4 is 0 Å².